The molecule has 0 bridgehead atoms. The zero-order valence-corrected chi connectivity index (χ0v) is 14.9. The van der Waals surface area contributed by atoms with Gasteiger partial charge in [-0.25, -0.2) is 0 Å². The maximum Gasteiger partial charge on any atom is 0.231 e. The third-order valence-corrected chi connectivity index (χ3v) is 4.89. The fraction of sp³-hybridized carbons (Fsp3) is 0.526. The van der Waals surface area contributed by atoms with Crippen molar-refractivity contribution >= 4 is 5.91 Å². The molecule has 24 heavy (non-hydrogen) atoms. The first-order valence-electron chi connectivity index (χ1n) is 8.54. The summed E-state index contributed by atoms with van der Waals surface area (Å²) in [6.45, 7) is 6.39. The van der Waals surface area contributed by atoms with Crippen LogP contribution in [0.5, 0.6) is 11.5 Å². The Morgan fingerprint density at radius 3 is 2.62 bits per heavy atom. The summed E-state index contributed by atoms with van der Waals surface area (Å²) in [5.74, 6) is 1.55. The Labute approximate surface area is 143 Å². The van der Waals surface area contributed by atoms with E-state index in [1.807, 2.05) is 39.1 Å². The lowest BCUT2D eigenvalue weighted by Gasteiger charge is -2.31. The molecule has 1 amide bonds. The normalized spacial score (nSPS) is 18.2. The molecule has 1 aromatic rings. The quantitative estimate of drug-likeness (QED) is 0.842. The van der Waals surface area contributed by atoms with Crippen molar-refractivity contribution in [2.75, 3.05) is 13.8 Å². The summed E-state index contributed by atoms with van der Waals surface area (Å²) in [7, 11) is 1.89. The number of ether oxygens (including phenoxy) is 2. The molecular weight excluding hydrogens is 304 g/mol. The molecule has 0 radical (unpaired) electrons. The summed E-state index contributed by atoms with van der Waals surface area (Å²) >= 11 is 0. The first-order chi connectivity index (χ1) is 11.4. The van der Waals surface area contributed by atoms with Gasteiger partial charge in [0.1, 0.15) is 0 Å². The molecule has 130 valence electrons. The zero-order valence-electron chi connectivity index (χ0n) is 14.9. The molecule has 1 aromatic carbocycles. The number of fused-ring (bicyclic) bond motifs is 1. The van der Waals surface area contributed by atoms with Crippen LogP contribution >= 0.6 is 0 Å². The van der Waals surface area contributed by atoms with Crippen LogP contribution in [0.4, 0.5) is 0 Å². The summed E-state index contributed by atoms with van der Waals surface area (Å²) < 4.78 is 10.8. The highest BCUT2D eigenvalue weighted by Gasteiger charge is 2.52. The van der Waals surface area contributed by atoms with Crippen LogP contribution in [-0.2, 0) is 10.2 Å². The fourth-order valence-electron chi connectivity index (χ4n) is 3.31. The molecular formula is C19H26N2O3. The van der Waals surface area contributed by atoms with Gasteiger partial charge in [-0.15, -0.1) is 0 Å². The molecule has 0 atom stereocenters. The first kappa shape index (κ1) is 16.7. The summed E-state index contributed by atoms with van der Waals surface area (Å²) in [4.78, 5) is 13.0. The summed E-state index contributed by atoms with van der Waals surface area (Å²) in [5, 5.41) is 6.42. The second-order valence-corrected chi connectivity index (χ2v) is 7.01. The highest BCUT2D eigenvalue weighted by molar-refractivity contribution is 5.92. The zero-order chi connectivity index (χ0) is 17.4. The molecule has 1 heterocycles. The van der Waals surface area contributed by atoms with Crippen molar-refractivity contribution in [3.8, 4) is 11.5 Å². The van der Waals surface area contributed by atoms with Crippen LogP contribution in [-0.4, -0.2) is 25.3 Å². The van der Waals surface area contributed by atoms with Gasteiger partial charge in [0.25, 0.3) is 0 Å². The standard InChI is InChI=1S/C19H26N2O3/c1-5-6-16(20-4)18(2,3)21-17(22)19(9-10-19)13-7-8-14-15(11-13)24-12-23-14/h6-8,11,20H,5,9-10,12H2,1-4H3,(H,21,22)/b16-6+. The molecule has 1 aliphatic heterocycles. The largest absolute Gasteiger partial charge is 0.454 e. The van der Waals surface area contributed by atoms with E-state index in [0.717, 1.165) is 42.0 Å². The van der Waals surface area contributed by atoms with Crippen molar-refractivity contribution in [3.05, 3.63) is 35.5 Å². The monoisotopic (exact) mass is 330 g/mol. The Morgan fingerprint density at radius 2 is 2.00 bits per heavy atom. The molecule has 5 heteroatoms. The minimum atomic E-state index is -0.441. The van der Waals surface area contributed by atoms with E-state index < -0.39 is 11.0 Å². The van der Waals surface area contributed by atoms with Gasteiger partial charge >= 0.3 is 0 Å². The number of allylic oxidation sites excluding steroid dienone is 1. The summed E-state index contributed by atoms with van der Waals surface area (Å²) in [6, 6.07) is 5.82. The lowest BCUT2D eigenvalue weighted by molar-refractivity contribution is -0.124. The van der Waals surface area contributed by atoms with E-state index in [2.05, 4.69) is 23.6 Å². The number of nitrogens with one attached hydrogen (secondary N) is 2. The van der Waals surface area contributed by atoms with Gasteiger partial charge in [0, 0.05) is 12.7 Å². The Hall–Kier alpha value is -2.17. The second kappa shape index (κ2) is 6.04. The van der Waals surface area contributed by atoms with Gasteiger partial charge in [0.15, 0.2) is 11.5 Å². The van der Waals surface area contributed by atoms with Crippen LogP contribution in [0.15, 0.2) is 30.0 Å². The van der Waals surface area contributed by atoms with E-state index in [1.165, 1.54) is 0 Å². The van der Waals surface area contributed by atoms with E-state index in [9.17, 15) is 4.79 Å². The molecule has 0 spiro atoms. The first-order valence-corrected chi connectivity index (χ1v) is 8.54. The molecule has 1 saturated carbocycles. The third kappa shape index (κ3) is 2.83. The Morgan fingerprint density at radius 1 is 1.29 bits per heavy atom. The van der Waals surface area contributed by atoms with Crippen molar-refractivity contribution in [1.29, 1.82) is 0 Å². The maximum atomic E-state index is 13.0. The molecule has 0 unspecified atom stereocenters. The number of amides is 1. The molecule has 2 N–H and O–H groups in total. The minimum absolute atomic E-state index is 0.0728. The van der Waals surface area contributed by atoms with Gasteiger partial charge in [0.05, 0.1) is 11.0 Å². The molecule has 2 aliphatic rings. The van der Waals surface area contributed by atoms with Crippen LogP contribution in [0, 0.1) is 0 Å². The summed E-state index contributed by atoms with van der Waals surface area (Å²) in [5.41, 5.74) is 1.15. The number of rotatable bonds is 6. The number of hydrogen-bond donors (Lipinski definition) is 2. The Kier molecular flexibility index (Phi) is 4.20. The minimum Gasteiger partial charge on any atom is -0.454 e. The van der Waals surface area contributed by atoms with Crippen LogP contribution in [0.1, 0.15) is 45.6 Å². The topological polar surface area (TPSA) is 59.6 Å². The van der Waals surface area contributed by atoms with Crippen molar-refractivity contribution in [2.24, 2.45) is 0 Å². The van der Waals surface area contributed by atoms with Crippen molar-refractivity contribution in [1.82, 2.24) is 10.6 Å². The predicted molar refractivity (Wildman–Crippen MR) is 93.1 cm³/mol. The van der Waals surface area contributed by atoms with E-state index in [4.69, 9.17) is 9.47 Å². The van der Waals surface area contributed by atoms with Crippen LogP contribution in [0.25, 0.3) is 0 Å². The number of carbonyl (C=O) groups is 1. The molecule has 1 fully saturated rings. The van der Waals surface area contributed by atoms with E-state index in [-0.39, 0.29) is 12.7 Å². The fourth-order valence-corrected chi connectivity index (χ4v) is 3.31. The van der Waals surface area contributed by atoms with Crippen molar-refractivity contribution in [2.45, 2.75) is 51.0 Å². The predicted octanol–water partition coefficient (Wildman–Crippen LogP) is 2.86. The number of carbonyl (C=O) groups excluding carboxylic acids is 1. The number of benzene rings is 1. The van der Waals surface area contributed by atoms with Gasteiger partial charge in [-0.1, -0.05) is 19.1 Å². The van der Waals surface area contributed by atoms with E-state index in [0.29, 0.717) is 0 Å². The molecule has 3 rings (SSSR count). The Bertz CT molecular complexity index is 675. The molecule has 5 nitrogen and oxygen atoms in total. The van der Waals surface area contributed by atoms with Gasteiger partial charge in [-0.05, 0) is 50.8 Å². The summed E-state index contributed by atoms with van der Waals surface area (Å²) in [6.07, 6.45) is 4.76. The van der Waals surface area contributed by atoms with Crippen LogP contribution in [0.2, 0.25) is 0 Å². The second-order valence-electron chi connectivity index (χ2n) is 7.01. The molecule has 0 saturated heterocycles. The van der Waals surface area contributed by atoms with Gasteiger partial charge in [-0.2, -0.15) is 0 Å². The highest BCUT2D eigenvalue weighted by atomic mass is 16.7. The van der Waals surface area contributed by atoms with Crippen molar-refractivity contribution in [3.63, 3.8) is 0 Å². The lowest BCUT2D eigenvalue weighted by atomic mass is 9.91. The lowest BCUT2D eigenvalue weighted by Crippen LogP contribution is -2.51. The van der Waals surface area contributed by atoms with E-state index in [1.54, 1.807) is 0 Å². The SMILES string of the molecule is CC/C=C(/NC)C(C)(C)NC(=O)C1(c2ccc3c(c2)OCO3)CC1. The maximum absolute atomic E-state index is 13.0. The van der Waals surface area contributed by atoms with Gasteiger partial charge < -0.3 is 20.1 Å². The average Bonchev–Trinajstić information content (AvgIpc) is 3.23. The van der Waals surface area contributed by atoms with E-state index >= 15 is 0 Å². The third-order valence-electron chi connectivity index (χ3n) is 4.89. The smallest absolute Gasteiger partial charge is 0.231 e. The number of likely N-dealkylation sites (N-methyl/N-ethyl adjacent to an activating group) is 1. The number of hydrogen-bond acceptors (Lipinski definition) is 4. The average molecular weight is 330 g/mol. The van der Waals surface area contributed by atoms with Gasteiger partial charge in [-0.3, -0.25) is 4.79 Å². The molecule has 1 aliphatic carbocycles. The van der Waals surface area contributed by atoms with Gasteiger partial charge in [0.2, 0.25) is 12.7 Å². The Balaban J connectivity index is 1.81. The van der Waals surface area contributed by atoms with Crippen LogP contribution < -0.4 is 20.1 Å². The van der Waals surface area contributed by atoms with Crippen LogP contribution in [0.3, 0.4) is 0 Å². The molecule has 0 aromatic heterocycles. The highest BCUT2D eigenvalue weighted by Crippen LogP contribution is 2.50. The van der Waals surface area contributed by atoms with Crippen molar-refractivity contribution < 1.29 is 14.3 Å².